The Labute approximate surface area is 158 Å². The summed E-state index contributed by atoms with van der Waals surface area (Å²) >= 11 is 0. The monoisotopic (exact) mass is 392 g/mol. The van der Waals surface area contributed by atoms with Gasteiger partial charge in [-0.05, 0) is 30.5 Å². The molecule has 0 saturated carbocycles. The van der Waals surface area contributed by atoms with Gasteiger partial charge >= 0.3 is 0 Å². The lowest BCUT2D eigenvalue weighted by Gasteiger charge is -2.28. The molecule has 0 amide bonds. The molecule has 2 aromatic rings. The van der Waals surface area contributed by atoms with Gasteiger partial charge in [-0.25, -0.2) is 8.42 Å². The van der Waals surface area contributed by atoms with Crippen molar-refractivity contribution < 1.29 is 18.0 Å². The lowest BCUT2D eigenvalue weighted by molar-refractivity contribution is 0.0194. The molecule has 3 heterocycles. The number of aryl methyl sites for hydroxylation is 2. The maximum Gasteiger partial charge on any atom is 0.260 e. The molecule has 27 heavy (non-hydrogen) atoms. The average molecular weight is 392 g/mol. The van der Waals surface area contributed by atoms with Crippen LogP contribution in [0.5, 0.6) is 0 Å². The summed E-state index contributed by atoms with van der Waals surface area (Å²) < 4.78 is 32.7. The zero-order valence-electron chi connectivity index (χ0n) is 15.6. The first-order chi connectivity index (χ1) is 12.8. The van der Waals surface area contributed by atoms with E-state index in [1.807, 2.05) is 20.0 Å². The van der Waals surface area contributed by atoms with Crippen molar-refractivity contribution in [3.05, 3.63) is 35.5 Å². The number of benzene rings is 1. The summed E-state index contributed by atoms with van der Waals surface area (Å²) in [5, 5.41) is 14.7. The Hall–Kier alpha value is -1.97. The third-order valence-corrected chi connectivity index (χ3v) is 7.28. The van der Waals surface area contributed by atoms with Gasteiger partial charge in [-0.15, -0.1) is 0 Å². The van der Waals surface area contributed by atoms with Crippen LogP contribution in [0, 0.1) is 0 Å². The number of sulfonamides is 1. The van der Waals surface area contributed by atoms with E-state index in [0.29, 0.717) is 12.2 Å². The molecule has 2 aliphatic heterocycles. The quantitative estimate of drug-likeness (QED) is 0.837. The van der Waals surface area contributed by atoms with Crippen LogP contribution >= 0.6 is 0 Å². The molecule has 1 saturated heterocycles. The van der Waals surface area contributed by atoms with E-state index in [1.165, 1.54) is 9.87 Å². The normalized spacial score (nSPS) is 23.6. The highest BCUT2D eigenvalue weighted by Gasteiger charge is 2.46. The van der Waals surface area contributed by atoms with Crippen molar-refractivity contribution in [2.45, 2.75) is 43.1 Å². The fourth-order valence-corrected chi connectivity index (χ4v) is 5.29. The van der Waals surface area contributed by atoms with E-state index in [0.717, 1.165) is 25.1 Å². The number of hydrogen-bond acceptors (Lipinski definition) is 7. The summed E-state index contributed by atoms with van der Waals surface area (Å²) in [7, 11) is -1.74. The smallest absolute Gasteiger partial charge is 0.260 e. The minimum absolute atomic E-state index is 0.0854. The summed E-state index contributed by atoms with van der Waals surface area (Å²) in [4.78, 5) is 6.52. The number of aliphatic hydroxyl groups is 1. The second-order valence-corrected chi connectivity index (χ2v) is 9.24. The van der Waals surface area contributed by atoms with Crippen molar-refractivity contribution >= 4 is 15.7 Å². The fraction of sp³-hybridized carbons (Fsp3) is 0.556. The summed E-state index contributed by atoms with van der Waals surface area (Å²) in [5.74, 6) is 0.583. The molecule has 1 aromatic heterocycles. The van der Waals surface area contributed by atoms with E-state index < -0.39 is 15.6 Å². The second kappa shape index (κ2) is 6.57. The van der Waals surface area contributed by atoms with Crippen LogP contribution < -0.4 is 4.90 Å². The Morgan fingerprint density at radius 3 is 2.89 bits per heavy atom. The summed E-state index contributed by atoms with van der Waals surface area (Å²) in [6.45, 7) is 2.91. The standard InChI is InChI=1S/C18H24N4O4S/c1-3-16-19-17(26-20-16)18(23)8-10-22(12-18)27(24,25)14-7-6-13-5-4-9-21(2)15(13)11-14/h6-7,11,23H,3-5,8-10,12H2,1-2H3. The number of hydrogen-bond donors (Lipinski definition) is 1. The zero-order valence-corrected chi connectivity index (χ0v) is 16.4. The molecule has 4 rings (SSSR count). The molecule has 1 fully saturated rings. The second-order valence-electron chi connectivity index (χ2n) is 7.31. The summed E-state index contributed by atoms with van der Waals surface area (Å²) in [6, 6.07) is 5.29. The molecule has 8 nitrogen and oxygen atoms in total. The van der Waals surface area contributed by atoms with Crippen LogP contribution in [0.25, 0.3) is 0 Å². The van der Waals surface area contributed by atoms with E-state index in [1.54, 1.807) is 12.1 Å². The Morgan fingerprint density at radius 2 is 2.15 bits per heavy atom. The third kappa shape index (κ3) is 3.13. The highest BCUT2D eigenvalue weighted by molar-refractivity contribution is 7.89. The van der Waals surface area contributed by atoms with Gasteiger partial charge in [0.1, 0.15) is 0 Å². The van der Waals surface area contributed by atoms with Crippen LogP contribution in [0.2, 0.25) is 0 Å². The fourth-order valence-electron chi connectivity index (χ4n) is 3.77. The highest BCUT2D eigenvalue weighted by atomic mass is 32.2. The minimum Gasteiger partial charge on any atom is -0.379 e. The maximum atomic E-state index is 13.1. The molecule has 9 heteroatoms. The molecule has 146 valence electrons. The summed E-state index contributed by atoms with van der Waals surface area (Å²) in [6.07, 6.45) is 2.84. The first kappa shape index (κ1) is 18.4. The van der Waals surface area contributed by atoms with Gasteiger partial charge in [-0.3, -0.25) is 0 Å². The largest absolute Gasteiger partial charge is 0.379 e. The molecule has 0 radical (unpaired) electrons. The Morgan fingerprint density at radius 1 is 1.33 bits per heavy atom. The van der Waals surface area contributed by atoms with Crippen molar-refractivity contribution in [3.63, 3.8) is 0 Å². The lowest BCUT2D eigenvalue weighted by atomic mass is 10.0. The third-order valence-electron chi connectivity index (χ3n) is 5.44. The number of aromatic nitrogens is 2. The predicted molar refractivity (Wildman–Crippen MR) is 99.0 cm³/mol. The van der Waals surface area contributed by atoms with E-state index >= 15 is 0 Å². The van der Waals surface area contributed by atoms with Crippen LogP contribution in [0.15, 0.2) is 27.6 Å². The highest BCUT2D eigenvalue weighted by Crippen LogP contribution is 2.36. The average Bonchev–Trinajstić information content (AvgIpc) is 3.30. The number of fused-ring (bicyclic) bond motifs is 1. The van der Waals surface area contributed by atoms with Gasteiger partial charge in [0, 0.05) is 38.7 Å². The van der Waals surface area contributed by atoms with E-state index in [2.05, 4.69) is 15.0 Å². The van der Waals surface area contributed by atoms with Crippen LogP contribution in [-0.4, -0.2) is 54.7 Å². The van der Waals surface area contributed by atoms with Crippen molar-refractivity contribution in [2.24, 2.45) is 0 Å². The van der Waals surface area contributed by atoms with Gasteiger partial charge in [0.2, 0.25) is 10.0 Å². The molecule has 1 aromatic carbocycles. The molecule has 1 atom stereocenters. The molecule has 0 spiro atoms. The molecule has 2 aliphatic rings. The van der Waals surface area contributed by atoms with Gasteiger partial charge in [-0.2, -0.15) is 9.29 Å². The molecule has 1 N–H and O–H groups in total. The predicted octanol–water partition coefficient (Wildman–Crippen LogP) is 1.30. The maximum absolute atomic E-state index is 13.1. The van der Waals surface area contributed by atoms with E-state index in [4.69, 9.17) is 4.52 Å². The van der Waals surface area contributed by atoms with Crippen LogP contribution in [-0.2, 0) is 28.5 Å². The van der Waals surface area contributed by atoms with E-state index in [-0.39, 0.29) is 30.3 Å². The van der Waals surface area contributed by atoms with Crippen molar-refractivity contribution in [2.75, 3.05) is 31.6 Å². The first-order valence-corrected chi connectivity index (χ1v) is 10.7. The van der Waals surface area contributed by atoms with Gasteiger partial charge in [0.25, 0.3) is 5.89 Å². The first-order valence-electron chi connectivity index (χ1n) is 9.23. The summed E-state index contributed by atoms with van der Waals surface area (Å²) in [5.41, 5.74) is 0.679. The Bertz CT molecular complexity index is 958. The van der Waals surface area contributed by atoms with Crippen LogP contribution in [0.1, 0.15) is 37.0 Å². The number of nitrogens with zero attached hydrogens (tertiary/aromatic N) is 4. The molecule has 0 bridgehead atoms. The van der Waals surface area contributed by atoms with Gasteiger partial charge < -0.3 is 14.5 Å². The van der Waals surface area contributed by atoms with Crippen molar-refractivity contribution in [1.29, 1.82) is 0 Å². The van der Waals surface area contributed by atoms with E-state index in [9.17, 15) is 13.5 Å². The zero-order chi connectivity index (χ0) is 19.2. The molecule has 0 aliphatic carbocycles. The van der Waals surface area contributed by atoms with Crippen LogP contribution in [0.4, 0.5) is 5.69 Å². The number of β-amino-alcohol motifs (C(OH)–C–C–N with tert-alkyl or cyclic N) is 1. The Balaban J connectivity index is 1.61. The molecular formula is C18H24N4O4S. The SMILES string of the molecule is CCc1noc(C2(O)CCN(S(=O)(=O)c3ccc4c(c3)N(C)CCC4)C2)n1. The van der Waals surface area contributed by atoms with Gasteiger partial charge in [0.15, 0.2) is 11.4 Å². The van der Waals surface area contributed by atoms with Gasteiger partial charge in [0.05, 0.1) is 11.4 Å². The number of rotatable bonds is 4. The van der Waals surface area contributed by atoms with Gasteiger partial charge in [-0.1, -0.05) is 18.1 Å². The van der Waals surface area contributed by atoms with Crippen LogP contribution in [0.3, 0.4) is 0 Å². The van der Waals surface area contributed by atoms with Crippen molar-refractivity contribution in [3.8, 4) is 0 Å². The number of anilines is 1. The van der Waals surface area contributed by atoms with Crippen molar-refractivity contribution in [1.82, 2.24) is 14.4 Å². The molecular weight excluding hydrogens is 368 g/mol. The molecule has 1 unspecified atom stereocenters. The topological polar surface area (TPSA) is 99.8 Å². The lowest BCUT2D eigenvalue weighted by Crippen LogP contribution is -2.35. The Kier molecular flexibility index (Phi) is 4.48. The minimum atomic E-state index is -3.72.